The van der Waals surface area contributed by atoms with Gasteiger partial charge in [-0.15, -0.1) is 0 Å². The highest BCUT2D eigenvalue weighted by atomic mass is 16.5. The first-order valence-corrected chi connectivity index (χ1v) is 11.6. The lowest BCUT2D eigenvalue weighted by molar-refractivity contribution is -0.139. The van der Waals surface area contributed by atoms with Crippen LogP contribution in [0.4, 0.5) is 5.69 Å². The maximum absolute atomic E-state index is 13.0. The molecule has 2 aromatic rings. The highest BCUT2D eigenvalue weighted by molar-refractivity contribution is 6.22. The van der Waals surface area contributed by atoms with Gasteiger partial charge in [-0.25, -0.2) is 4.90 Å². The molecule has 0 saturated carbocycles. The molecule has 7 heteroatoms. The van der Waals surface area contributed by atoms with Gasteiger partial charge < -0.3 is 9.64 Å². The standard InChI is InChI=1S/C27H26N2O5/c1-17-10-11-22-23(12-17)26(32)29(25(22)31)20-8-5-9-21(14-20)34-27(33)19-13-24(30)28(16-19)15-18-6-3-2-4-7-18/h2-10,14,19,22-23H,11-13,15-16H2,1H3/t19-,22+,23+/m1/s1. The first-order valence-electron chi connectivity index (χ1n) is 11.6. The highest BCUT2D eigenvalue weighted by Gasteiger charge is 2.48. The minimum Gasteiger partial charge on any atom is -0.426 e. The minimum absolute atomic E-state index is 0.0840. The normalized spacial score (nSPS) is 24.3. The van der Waals surface area contributed by atoms with E-state index < -0.39 is 11.9 Å². The predicted molar refractivity (Wildman–Crippen MR) is 125 cm³/mol. The first kappa shape index (κ1) is 22.1. The lowest BCUT2D eigenvalue weighted by atomic mass is 9.82. The Morgan fingerprint density at radius 2 is 1.74 bits per heavy atom. The van der Waals surface area contributed by atoms with Crippen LogP contribution in [0, 0.1) is 17.8 Å². The van der Waals surface area contributed by atoms with E-state index in [1.54, 1.807) is 29.2 Å². The summed E-state index contributed by atoms with van der Waals surface area (Å²) in [5.74, 6) is -1.96. The summed E-state index contributed by atoms with van der Waals surface area (Å²) in [5.41, 5.74) is 2.53. The van der Waals surface area contributed by atoms with Gasteiger partial charge in [0.15, 0.2) is 0 Å². The molecule has 2 fully saturated rings. The van der Waals surface area contributed by atoms with Gasteiger partial charge in [0.2, 0.25) is 17.7 Å². The Morgan fingerprint density at radius 1 is 0.971 bits per heavy atom. The molecule has 2 aliphatic heterocycles. The Kier molecular flexibility index (Phi) is 5.77. The van der Waals surface area contributed by atoms with E-state index in [4.69, 9.17) is 4.74 Å². The van der Waals surface area contributed by atoms with Crippen LogP contribution >= 0.6 is 0 Å². The summed E-state index contributed by atoms with van der Waals surface area (Å²) in [5, 5.41) is 0. The molecule has 5 rings (SSSR count). The van der Waals surface area contributed by atoms with Gasteiger partial charge in [0.25, 0.3) is 0 Å². The number of benzene rings is 2. The molecule has 1 aliphatic carbocycles. The molecular formula is C27H26N2O5. The average molecular weight is 459 g/mol. The molecule has 0 N–H and O–H groups in total. The number of allylic oxidation sites excluding steroid dienone is 2. The molecule has 34 heavy (non-hydrogen) atoms. The molecule has 2 aromatic carbocycles. The average Bonchev–Trinajstić information content (AvgIpc) is 3.31. The Hall–Kier alpha value is -3.74. The van der Waals surface area contributed by atoms with E-state index in [0.29, 0.717) is 31.6 Å². The lowest BCUT2D eigenvalue weighted by Crippen LogP contribution is -2.31. The van der Waals surface area contributed by atoms with Crippen LogP contribution in [0.1, 0.15) is 31.7 Å². The third-order valence-corrected chi connectivity index (χ3v) is 6.88. The van der Waals surface area contributed by atoms with Crippen molar-refractivity contribution in [3.63, 3.8) is 0 Å². The van der Waals surface area contributed by atoms with Crippen LogP contribution in [0.3, 0.4) is 0 Å². The number of fused-ring (bicyclic) bond motifs is 1. The number of rotatable bonds is 5. The number of hydrogen-bond acceptors (Lipinski definition) is 5. The topological polar surface area (TPSA) is 84.0 Å². The van der Waals surface area contributed by atoms with Crippen molar-refractivity contribution in [1.29, 1.82) is 0 Å². The Balaban J connectivity index is 1.26. The SMILES string of the molecule is CC1=CC[C@@H]2C(=O)N(c3cccc(OC(=O)[C@@H]4CC(=O)N(Cc5ccccc5)C4)c3)C(=O)[C@H]2C1. The van der Waals surface area contributed by atoms with Crippen molar-refractivity contribution in [1.82, 2.24) is 4.90 Å². The fourth-order valence-corrected chi connectivity index (χ4v) is 5.06. The van der Waals surface area contributed by atoms with Gasteiger partial charge in [0, 0.05) is 25.6 Å². The Morgan fingerprint density at radius 3 is 2.53 bits per heavy atom. The second kappa shape index (κ2) is 8.89. The van der Waals surface area contributed by atoms with Crippen LogP contribution in [0.25, 0.3) is 0 Å². The molecule has 2 saturated heterocycles. The van der Waals surface area contributed by atoms with Crippen molar-refractivity contribution in [2.45, 2.75) is 32.7 Å². The van der Waals surface area contributed by atoms with Gasteiger partial charge in [-0.1, -0.05) is 48.0 Å². The summed E-state index contributed by atoms with van der Waals surface area (Å²) >= 11 is 0. The largest absolute Gasteiger partial charge is 0.426 e. The van der Waals surface area contributed by atoms with Crippen molar-refractivity contribution in [2.24, 2.45) is 17.8 Å². The highest BCUT2D eigenvalue weighted by Crippen LogP contribution is 2.40. The van der Waals surface area contributed by atoms with E-state index in [1.165, 1.54) is 4.90 Å². The van der Waals surface area contributed by atoms with E-state index in [-0.39, 0.29) is 41.7 Å². The van der Waals surface area contributed by atoms with Crippen LogP contribution in [0.5, 0.6) is 5.75 Å². The number of amides is 3. The number of imide groups is 1. The van der Waals surface area contributed by atoms with Gasteiger partial charge in [-0.05, 0) is 37.5 Å². The van der Waals surface area contributed by atoms with E-state index >= 15 is 0 Å². The Bertz CT molecular complexity index is 1190. The smallest absolute Gasteiger partial charge is 0.316 e. The Labute approximate surface area is 198 Å². The molecule has 0 aromatic heterocycles. The summed E-state index contributed by atoms with van der Waals surface area (Å²) < 4.78 is 5.57. The third kappa shape index (κ3) is 4.14. The van der Waals surface area contributed by atoms with Crippen molar-refractivity contribution in [3.05, 3.63) is 71.8 Å². The number of nitrogens with zero attached hydrogens (tertiary/aromatic N) is 2. The number of carbonyl (C=O) groups excluding carboxylic acids is 4. The fraction of sp³-hybridized carbons (Fsp3) is 0.333. The van der Waals surface area contributed by atoms with Crippen LogP contribution < -0.4 is 9.64 Å². The van der Waals surface area contributed by atoms with Crippen molar-refractivity contribution >= 4 is 29.4 Å². The van der Waals surface area contributed by atoms with E-state index in [1.807, 2.05) is 43.3 Å². The van der Waals surface area contributed by atoms with Crippen LogP contribution in [-0.2, 0) is 25.7 Å². The summed E-state index contributed by atoms with van der Waals surface area (Å²) in [6, 6.07) is 16.1. The first-order chi connectivity index (χ1) is 16.4. The van der Waals surface area contributed by atoms with E-state index in [9.17, 15) is 19.2 Å². The van der Waals surface area contributed by atoms with E-state index in [0.717, 1.165) is 11.1 Å². The molecule has 0 bridgehead atoms. The monoisotopic (exact) mass is 458 g/mol. The van der Waals surface area contributed by atoms with Crippen molar-refractivity contribution in [3.8, 4) is 5.75 Å². The molecule has 2 heterocycles. The van der Waals surface area contributed by atoms with Gasteiger partial charge in [-0.3, -0.25) is 19.2 Å². The maximum atomic E-state index is 13.0. The number of ether oxygens (including phenoxy) is 1. The van der Waals surface area contributed by atoms with Crippen molar-refractivity contribution in [2.75, 3.05) is 11.4 Å². The van der Waals surface area contributed by atoms with E-state index in [2.05, 4.69) is 0 Å². The quantitative estimate of drug-likeness (QED) is 0.296. The molecular weight excluding hydrogens is 432 g/mol. The number of esters is 1. The number of anilines is 1. The van der Waals surface area contributed by atoms with Crippen LogP contribution in [0.15, 0.2) is 66.2 Å². The zero-order valence-electron chi connectivity index (χ0n) is 19.0. The molecule has 3 amide bonds. The van der Waals surface area contributed by atoms with Crippen LogP contribution in [0.2, 0.25) is 0 Å². The summed E-state index contributed by atoms with van der Waals surface area (Å²) in [4.78, 5) is 54.1. The lowest BCUT2D eigenvalue weighted by Gasteiger charge is -2.18. The maximum Gasteiger partial charge on any atom is 0.316 e. The van der Waals surface area contributed by atoms with Crippen LogP contribution in [-0.4, -0.2) is 35.1 Å². The number of hydrogen-bond donors (Lipinski definition) is 0. The van der Waals surface area contributed by atoms with Gasteiger partial charge in [-0.2, -0.15) is 0 Å². The van der Waals surface area contributed by atoms with Gasteiger partial charge in [0.05, 0.1) is 23.4 Å². The molecule has 0 radical (unpaired) electrons. The zero-order chi connectivity index (χ0) is 23.8. The zero-order valence-corrected chi connectivity index (χ0v) is 19.0. The van der Waals surface area contributed by atoms with Gasteiger partial charge >= 0.3 is 5.97 Å². The second-order valence-corrected chi connectivity index (χ2v) is 9.29. The summed E-state index contributed by atoms with van der Waals surface area (Å²) in [6.45, 7) is 2.73. The third-order valence-electron chi connectivity index (χ3n) is 6.88. The molecule has 3 aliphatic rings. The second-order valence-electron chi connectivity index (χ2n) is 9.29. The number of likely N-dealkylation sites (tertiary alicyclic amines) is 1. The van der Waals surface area contributed by atoms with Gasteiger partial charge in [0.1, 0.15) is 5.75 Å². The molecule has 0 unspecified atom stereocenters. The number of carbonyl (C=O) groups is 4. The molecule has 7 nitrogen and oxygen atoms in total. The molecule has 174 valence electrons. The van der Waals surface area contributed by atoms with Crippen molar-refractivity contribution < 1.29 is 23.9 Å². The summed E-state index contributed by atoms with van der Waals surface area (Å²) in [7, 11) is 0. The molecule has 3 atom stereocenters. The minimum atomic E-state index is -0.563. The fourth-order valence-electron chi connectivity index (χ4n) is 5.06. The summed E-state index contributed by atoms with van der Waals surface area (Å²) in [6.07, 6.45) is 3.29. The molecule has 0 spiro atoms. The predicted octanol–water partition coefficient (Wildman–Crippen LogP) is 3.49.